The largest absolute Gasteiger partial charge is 0.308 e. The van der Waals surface area contributed by atoms with Gasteiger partial charge in [-0.1, -0.05) is 6.07 Å². The Kier molecular flexibility index (Phi) is 3.78. The fourth-order valence-electron chi connectivity index (χ4n) is 1.79. The van der Waals surface area contributed by atoms with Crippen LogP contribution in [0.15, 0.2) is 17.5 Å². The van der Waals surface area contributed by atoms with Gasteiger partial charge in [0.25, 0.3) is 0 Å². The molecule has 1 unspecified atom stereocenters. The maximum absolute atomic E-state index is 3.57. The highest BCUT2D eigenvalue weighted by atomic mass is 32.1. The molecule has 0 aliphatic heterocycles. The van der Waals surface area contributed by atoms with E-state index in [2.05, 4.69) is 41.7 Å². The molecule has 0 bridgehead atoms. The summed E-state index contributed by atoms with van der Waals surface area (Å²) in [4.78, 5) is 3.90. The first-order chi connectivity index (χ1) is 7.27. The maximum Gasteiger partial charge on any atom is 0.0386 e. The van der Waals surface area contributed by atoms with Crippen LogP contribution in [0.3, 0.4) is 0 Å². The summed E-state index contributed by atoms with van der Waals surface area (Å²) in [6.07, 6.45) is 2.80. The van der Waals surface area contributed by atoms with E-state index in [1.165, 1.54) is 24.3 Å². The van der Waals surface area contributed by atoms with Crippen molar-refractivity contribution in [2.75, 3.05) is 20.1 Å². The van der Waals surface area contributed by atoms with Gasteiger partial charge in [-0.2, -0.15) is 0 Å². The molecule has 2 nitrogen and oxygen atoms in total. The van der Waals surface area contributed by atoms with Crippen LogP contribution in [0, 0.1) is 0 Å². The molecule has 1 aromatic rings. The zero-order valence-electron chi connectivity index (χ0n) is 9.57. The smallest absolute Gasteiger partial charge is 0.0386 e. The van der Waals surface area contributed by atoms with Gasteiger partial charge in [-0.15, -0.1) is 11.3 Å². The Hall–Kier alpha value is -0.380. The lowest BCUT2D eigenvalue weighted by molar-refractivity contribution is 0.317. The van der Waals surface area contributed by atoms with Crippen LogP contribution < -0.4 is 5.32 Å². The molecule has 1 heterocycles. The second kappa shape index (κ2) is 5.10. The van der Waals surface area contributed by atoms with E-state index < -0.39 is 0 Å². The molecule has 0 amide bonds. The van der Waals surface area contributed by atoms with Crippen molar-refractivity contribution in [2.24, 2.45) is 0 Å². The summed E-state index contributed by atoms with van der Waals surface area (Å²) in [6, 6.07) is 5.70. The second-order valence-corrected chi connectivity index (χ2v) is 5.38. The molecule has 1 aromatic heterocycles. The van der Waals surface area contributed by atoms with E-state index in [9.17, 15) is 0 Å². The van der Waals surface area contributed by atoms with E-state index in [1.54, 1.807) is 0 Å². The van der Waals surface area contributed by atoms with Crippen molar-refractivity contribution in [1.29, 1.82) is 0 Å². The van der Waals surface area contributed by atoms with Gasteiger partial charge in [-0.25, -0.2) is 0 Å². The van der Waals surface area contributed by atoms with Crippen molar-refractivity contribution >= 4 is 11.3 Å². The van der Waals surface area contributed by atoms with Gasteiger partial charge in [0.1, 0.15) is 0 Å². The molecule has 1 saturated carbocycles. The molecule has 1 fully saturated rings. The Balaban J connectivity index is 1.64. The van der Waals surface area contributed by atoms with Gasteiger partial charge in [-0.05, 0) is 38.3 Å². The molecular weight excluding hydrogens is 204 g/mol. The normalized spacial score (nSPS) is 18.3. The molecule has 1 atom stereocenters. The molecular formula is C12H20N2S. The summed E-state index contributed by atoms with van der Waals surface area (Å²) in [6.45, 7) is 4.50. The third-order valence-corrected chi connectivity index (χ3v) is 4.11. The fraction of sp³-hybridized carbons (Fsp3) is 0.667. The average Bonchev–Trinajstić information content (AvgIpc) is 2.93. The first-order valence-corrected chi connectivity index (χ1v) is 6.62. The Morgan fingerprint density at radius 2 is 2.40 bits per heavy atom. The van der Waals surface area contributed by atoms with E-state index in [1.807, 2.05) is 11.3 Å². The Bertz CT molecular complexity index is 280. The number of hydrogen-bond acceptors (Lipinski definition) is 3. The lowest BCUT2D eigenvalue weighted by Crippen LogP contribution is -2.31. The summed E-state index contributed by atoms with van der Waals surface area (Å²) in [5, 5.41) is 5.71. The van der Waals surface area contributed by atoms with Gasteiger partial charge < -0.3 is 10.2 Å². The summed E-state index contributed by atoms with van der Waals surface area (Å²) in [5.74, 6) is 0. The van der Waals surface area contributed by atoms with Gasteiger partial charge >= 0.3 is 0 Å². The summed E-state index contributed by atoms with van der Waals surface area (Å²) in [5.41, 5.74) is 0. The zero-order chi connectivity index (χ0) is 10.7. The maximum atomic E-state index is 3.57. The molecule has 1 aliphatic rings. The number of nitrogens with one attached hydrogen (secondary N) is 1. The number of rotatable bonds is 6. The SMILES string of the molecule is CC(NCCN(C)C1CC1)c1cccs1. The van der Waals surface area contributed by atoms with Gasteiger partial charge in [0, 0.05) is 30.1 Å². The minimum absolute atomic E-state index is 0.498. The fourth-order valence-corrected chi connectivity index (χ4v) is 2.55. The van der Waals surface area contributed by atoms with Gasteiger partial charge in [-0.3, -0.25) is 0 Å². The van der Waals surface area contributed by atoms with Gasteiger partial charge in [0.15, 0.2) is 0 Å². The van der Waals surface area contributed by atoms with E-state index >= 15 is 0 Å². The quantitative estimate of drug-likeness (QED) is 0.798. The van der Waals surface area contributed by atoms with Crippen LogP contribution in [0.5, 0.6) is 0 Å². The summed E-state index contributed by atoms with van der Waals surface area (Å²) in [7, 11) is 2.23. The van der Waals surface area contributed by atoms with Crippen molar-refractivity contribution in [3.8, 4) is 0 Å². The predicted octanol–water partition coefficient (Wildman–Crippen LogP) is 2.49. The Morgan fingerprint density at radius 3 is 3.00 bits per heavy atom. The minimum Gasteiger partial charge on any atom is -0.308 e. The molecule has 1 N–H and O–H groups in total. The minimum atomic E-state index is 0.498. The molecule has 0 spiro atoms. The molecule has 0 aromatic carbocycles. The van der Waals surface area contributed by atoms with Crippen LogP contribution in [0.25, 0.3) is 0 Å². The third kappa shape index (κ3) is 3.30. The standard InChI is InChI=1S/C12H20N2S/c1-10(12-4-3-9-15-12)13-7-8-14(2)11-5-6-11/h3-4,9-11,13H,5-8H2,1-2H3. The lowest BCUT2D eigenvalue weighted by atomic mass is 10.3. The molecule has 1 aliphatic carbocycles. The van der Waals surface area contributed by atoms with E-state index in [0.29, 0.717) is 6.04 Å². The van der Waals surface area contributed by atoms with E-state index in [0.717, 1.165) is 12.6 Å². The van der Waals surface area contributed by atoms with Crippen LogP contribution in [0.4, 0.5) is 0 Å². The molecule has 15 heavy (non-hydrogen) atoms. The first-order valence-electron chi connectivity index (χ1n) is 5.74. The van der Waals surface area contributed by atoms with Crippen molar-refractivity contribution in [3.05, 3.63) is 22.4 Å². The summed E-state index contributed by atoms with van der Waals surface area (Å²) >= 11 is 1.83. The number of hydrogen-bond donors (Lipinski definition) is 1. The molecule has 0 radical (unpaired) electrons. The van der Waals surface area contributed by atoms with Crippen molar-refractivity contribution in [2.45, 2.75) is 31.8 Å². The molecule has 2 rings (SSSR count). The lowest BCUT2D eigenvalue weighted by Gasteiger charge is -2.18. The molecule has 3 heteroatoms. The second-order valence-electron chi connectivity index (χ2n) is 4.40. The highest BCUT2D eigenvalue weighted by Crippen LogP contribution is 2.24. The highest BCUT2D eigenvalue weighted by molar-refractivity contribution is 7.10. The van der Waals surface area contributed by atoms with E-state index in [-0.39, 0.29) is 0 Å². The predicted molar refractivity (Wildman–Crippen MR) is 66.4 cm³/mol. The third-order valence-electron chi connectivity index (χ3n) is 3.06. The van der Waals surface area contributed by atoms with Crippen LogP contribution in [0.1, 0.15) is 30.7 Å². The summed E-state index contributed by atoms with van der Waals surface area (Å²) < 4.78 is 0. The molecule has 84 valence electrons. The van der Waals surface area contributed by atoms with Crippen LogP contribution in [0.2, 0.25) is 0 Å². The Morgan fingerprint density at radius 1 is 1.60 bits per heavy atom. The van der Waals surface area contributed by atoms with Gasteiger partial charge in [0.2, 0.25) is 0 Å². The van der Waals surface area contributed by atoms with Gasteiger partial charge in [0.05, 0.1) is 0 Å². The highest BCUT2D eigenvalue weighted by Gasteiger charge is 2.25. The monoisotopic (exact) mass is 224 g/mol. The number of thiophene rings is 1. The topological polar surface area (TPSA) is 15.3 Å². The van der Waals surface area contributed by atoms with Crippen LogP contribution in [-0.4, -0.2) is 31.1 Å². The van der Waals surface area contributed by atoms with Crippen LogP contribution in [-0.2, 0) is 0 Å². The Labute approximate surface area is 96.3 Å². The van der Waals surface area contributed by atoms with Crippen LogP contribution >= 0.6 is 11.3 Å². The van der Waals surface area contributed by atoms with Crippen molar-refractivity contribution in [1.82, 2.24) is 10.2 Å². The average molecular weight is 224 g/mol. The van der Waals surface area contributed by atoms with Crippen molar-refractivity contribution < 1.29 is 0 Å². The molecule has 0 saturated heterocycles. The van der Waals surface area contributed by atoms with Crippen molar-refractivity contribution in [3.63, 3.8) is 0 Å². The number of likely N-dealkylation sites (N-methyl/N-ethyl adjacent to an activating group) is 1. The first kappa shape index (κ1) is 11.1. The number of nitrogens with zero attached hydrogens (tertiary/aromatic N) is 1. The zero-order valence-corrected chi connectivity index (χ0v) is 10.4. The van der Waals surface area contributed by atoms with E-state index in [4.69, 9.17) is 0 Å².